The molecule has 1 fully saturated rings. The van der Waals surface area contributed by atoms with Crippen molar-refractivity contribution in [3.63, 3.8) is 0 Å². The molecule has 0 aromatic heterocycles. The van der Waals surface area contributed by atoms with Crippen LogP contribution in [0.3, 0.4) is 0 Å². The van der Waals surface area contributed by atoms with Gasteiger partial charge in [0.25, 0.3) is 0 Å². The van der Waals surface area contributed by atoms with Crippen molar-refractivity contribution in [3.8, 4) is 0 Å². The van der Waals surface area contributed by atoms with E-state index < -0.39 is 12.0 Å². The Labute approximate surface area is 102 Å². The lowest BCUT2D eigenvalue weighted by molar-refractivity contribution is -0.141. The lowest BCUT2D eigenvalue weighted by atomic mass is 9.85. The highest BCUT2D eigenvalue weighted by molar-refractivity contribution is 5.85. The van der Waals surface area contributed by atoms with Crippen LogP contribution in [0.5, 0.6) is 0 Å². The average molecular weight is 242 g/mol. The molecule has 1 atom stereocenters. The van der Waals surface area contributed by atoms with Gasteiger partial charge in [0.05, 0.1) is 13.2 Å². The summed E-state index contributed by atoms with van der Waals surface area (Å²) in [5, 5.41) is 2.48. The van der Waals surface area contributed by atoms with E-state index in [9.17, 15) is 9.59 Å². The van der Waals surface area contributed by atoms with Crippen molar-refractivity contribution < 1.29 is 14.3 Å². The number of rotatable bonds is 5. The van der Waals surface area contributed by atoms with Crippen molar-refractivity contribution in [2.75, 3.05) is 13.7 Å². The van der Waals surface area contributed by atoms with Crippen molar-refractivity contribution in [2.45, 2.75) is 44.6 Å². The first-order chi connectivity index (χ1) is 8.13. The molecule has 0 radical (unpaired) electrons. The highest BCUT2D eigenvalue weighted by atomic mass is 16.5. The molecule has 1 aliphatic rings. The maximum Gasteiger partial charge on any atom is 0.325 e. The Morgan fingerprint density at radius 1 is 1.35 bits per heavy atom. The molecule has 17 heavy (non-hydrogen) atoms. The van der Waals surface area contributed by atoms with Crippen molar-refractivity contribution in [2.24, 2.45) is 11.7 Å². The molecule has 98 valence electrons. The number of nitrogens with two attached hydrogens (primary N) is 1. The molecule has 1 rings (SSSR count). The molecule has 1 saturated carbocycles. The minimum Gasteiger partial charge on any atom is -0.468 e. The van der Waals surface area contributed by atoms with Crippen LogP contribution in [0.1, 0.15) is 38.5 Å². The number of hydrogen-bond acceptors (Lipinski definition) is 4. The van der Waals surface area contributed by atoms with Gasteiger partial charge in [-0.15, -0.1) is 0 Å². The monoisotopic (exact) mass is 242 g/mol. The Kier molecular flexibility index (Phi) is 5.97. The molecule has 1 amide bonds. The first kappa shape index (κ1) is 14.0. The second-order valence-electron chi connectivity index (χ2n) is 4.64. The number of hydrogen-bond donors (Lipinski definition) is 2. The molecule has 0 spiro atoms. The first-order valence-electron chi connectivity index (χ1n) is 6.23. The van der Waals surface area contributed by atoms with Crippen LogP contribution in [0.15, 0.2) is 0 Å². The zero-order valence-corrected chi connectivity index (χ0v) is 10.4. The number of nitrogens with one attached hydrogen (secondary N) is 1. The summed E-state index contributed by atoms with van der Waals surface area (Å²) in [6.07, 6.45) is 6.81. The van der Waals surface area contributed by atoms with Crippen LogP contribution >= 0.6 is 0 Å². The smallest absolute Gasteiger partial charge is 0.325 e. The van der Waals surface area contributed by atoms with Gasteiger partial charge < -0.3 is 15.8 Å². The number of esters is 1. The van der Waals surface area contributed by atoms with E-state index in [1.165, 1.54) is 26.4 Å². The van der Waals surface area contributed by atoms with Gasteiger partial charge in [0, 0.05) is 0 Å². The van der Waals surface area contributed by atoms with Crippen LogP contribution in [0, 0.1) is 5.92 Å². The second-order valence-corrected chi connectivity index (χ2v) is 4.64. The summed E-state index contributed by atoms with van der Waals surface area (Å²) in [7, 11) is 1.29. The maximum atomic E-state index is 11.6. The molecule has 5 nitrogen and oxygen atoms in total. The largest absolute Gasteiger partial charge is 0.468 e. The van der Waals surface area contributed by atoms with Crippen LogP contribution in [0.2, 0.25) is 0 Å². The van der Waals surface area contributed by atoms with Crippen LogP contribution < -0.4 is 11.1 Å². The van der Waals surface area contributed by atoms with Crippen molar-refractivity contribution in [1.82, 2.24) is 5.32 Å². The molecule has 1 aliphatic carbocycles. The van der Waals surface area contributed by atoms with E-state index in [1.807, 2.05) is 0 Å². The molecule has 3 N–H and O–H groups in total. The summed E-state index contributed by atoms with van der Waals surface area (Å²) < 4.78 is 4.44. The second kappa shape index (κ2) is 7.27. The Hall–Kier alpha value is -1.10. The van der Waals surface area contributed by atoms with Crippen LogP contribution in [-0.4, -0.2) is 31.6 Å². The zero-order chi connectivity index (χ0) is 12.7. The van der Waals surface area contributed by atoms with Gasteiger partial charge in [0.1, 0.15) is 6.54 Å². The van der Waals surface area contributed by atoms with Gasteiger partial charge in [-0.25, -0.2) is 0 Å². The first-order valence-corrected chi connectivity index (χ1v) is 6.23. The summed E-state index contributed by atoms with van der Waals surface area (Å²) in [5.41, 5.74) is 5.81. The van der Waals surface area contributed by atoms with Gasteiger partial charge in [-0.1, -0.05) is 32.1 Å². The number of ether oxygens (including phenoxy) is 1. The number of methoxy groups -OCH3 is 1. The van der Waals surface area contributed by atoms with E-state index >= 15 is 0 Å². The third-order valence-corrected chi connectivity index (χ3v) is 3.28. The van der Waals surface area contributed by atoms with Gasteiger partial charge in [-0.2, -0.15) is 0 Å². The SMILES string of the molecule is COC(=O)CNC(=O)[C@@H](N)CC1CCCCC1. The Bertz CT molecular complexity index is 262. The maximum absolute atomic E-state index is 11.6. The third kappa shape index (κ3) is 5.17. The molecule has 5 heteroatoms. The van der Waals surface area contributed by atoms with Crippen molar-refractivity contribution in [1.29, 1.82) is 0 Å². The summed E-state index contributed by atoms with van der Waals surface area (Å²) >= 11 is 0. The van der Waals surface area contributed by atoms with E-state index in [4.69, 9.17) is 5.73 Å². The average Bonchev–Trinajstić information content (AvgIpc) is 2.36. The van der Waals surface area contributed by atoms with Gasteiger partial charge in [-0.05, 0) is 12.3 Å². The molecular weight excluding hydrogens is 220 g/mol. The molecule has 0 aromatic carbocycles. The fourth-order valence-corrected chi connectivity index (χ4v) is 2.25. The summed E-state index contributed by atoms with van der Waals surface area (Å²) in [4.78, 5) is 22.4. The number of carbonyl (C=O) groups excluding carboxylic acids is 2. The highest BCUT2D eigenvalue weighted by Crippen LogP contribution is 2.26. The summed E-state index contributed by atoms with van der Waals surface area (Å²) in [6.45, 7) is -0.103. The van der Waals surface area contributed by atoms with Crippen LogP contribution in [0.4, 0.5) is 0 Å². The fourth-order valence-electron chi connectivity index (χ4n) is 2.25. The van der Waals surface area contributed by atoms with E-state index in [1.54, 1.807) is 0 Å². The van der Waals surface area contributed by atoms with Crippen LogP contribution in [0.25, 0.3) is 0 Å². The van der Waals surface area contributed by atoms with Gasteiger partial charge in [-0.3, -0.25) is 9.59 Å². The summed E-state index contributed by atoms with van der Waals surface area (Å²) in [6, 6.07) is -0.511. The molecule has 0 bridgehead atoms. The van der Waals surface area contributed by atoms with Crippen molar-refractivity contribution in [3.05, 3.63) is 0 Å². The van der Waals surface area contributed by atoms with Gasteiger partial charge >= 0.3 is 5.97 Å². The highest BCUT2D eigenvalue weighted by Gasteiger charge is 2.21. The normalized spacial score (nSPS) is 18.5. The standard InChI is InChI=1S/C12H22N2O3/c1-17-11(15)8-14-12(16)10(13)7-9-5-3-2-4-6-9/h9-10H,2-8,13H2,1H3,(H,14,16)/t10-/m0/s1. The van der Waals surface area contributed by atoms with E-state index in [2.05, 4.69) is 10.1 Å². The summed E-state index contributed by atoms with van der Waals surface area (Å²) in [5.74, 6) is -0.160. The van der Waals surface area contributed by atoms with Crippen LogP contribution in [-0.2, 0) is 14.3 Å². The minimum absolute atomic E-state index is 0.103. The predicted octanol–water partition coefficient (Wildman–Crippen LogP) is 0.573. The van der Waals surface area contributed by atoms with E-state index in [0.717, 1.165) is 12.8 Å². The molecule has 0 aromatic rings. The Morgan fingerprint density at radius 2 is 2.00 bits per heavy atom. The third-order valence-electron chi connectivity index (χ3n) is 3.28. The predicted molar refractivity (Wildman–Crippen MR) is 64.2 cm³/mol. The molecule has 0 heterocycles. The topological polar surface area (TPSA) is 81.4 Å². The van der Waals surface area contributed by atoms with Gasteiger partial charge in [0.2, 0.25) is 5.91 Å². The van der Waals surface area contributed by atoms with E-state index in [-0.39, 0.29) is 12.5 Å². The molecule has 0 aliphatic heterocycles. The quantitative estimate of drug-likeness (QED) is 0.691. The lowest BCUT2D eigenvalue weighted by Crippen LogP contribution is -2.43. The fraction of sp³-hybridized carbons (Fsp3) is 0.833. The number of carbonyl (C=O) groups is 2. The molecular formula is C12H22N2O3. The Balaban J connectivity index is 2.23. The Morgan fingerprint density at radius 3 is 2.59 bits per heavy atom. The van der Waals surface area contributed by atoms with E-state index in [0.29, 0.717) is 12.3 Å². The minimum atomic E-state index is -0.511. The molecule has 0 saturated heterocycles. The lowest BCUT2D eigenvalue weighted by Gasteiger charge is -2.23. The zero-order valence-electron chi connectivity index (χ0n) is 10.4. The van der Waals surface area contributed by atoms with Gasteiger partial charge in [0.15, 0.2) is 0 Å². The number of amides is 1. The van der Waals surface area contributed by atoms with Crippen molar-refractivity contribution >= 4 is 11.9 Å². The molecule has 0 unspecified atom stereocenters.